The third kappa shape index (κ3) is 3.27. The molecule has 0 atom stereocenters. The molecule has 3 heterocycles. The molecule has 0 saturated heterocycles. The Bertz CT molecular complexity index is 1160. The minimum Gasteiger partial charge on any atom is -0.439 e. The predicted octanol–water partition coefficient (Wildman–Crippen LogP) is 1.95. The summed E-state index contributed by atoms with van der Waals surface area (Å²) < 4.78 is 7.37. The van der Waals surface area contributed by atoms with Crippen LogP contribution in [-0.2, 0) is 0 Å². The number of hydrogen-bond acceptors (Lipinski definition) is 9. The van der Waals surface area contributed by atoms with Gasteiger partial charge in [0.05, 0.1) is 5.69 Å². The van der Waals surface area contributed by atoms with E-state index in [0.29, 0.717) is 28.7 Å². The molecule has 0 saturated carbocycles. The lowest BCUT2D eigenvalue weighted by atomic mass is 10.1. The van der Waals surface area contributed by atoms with Gasteiger partial charge in [-0.05, 0) is 30.3 Å². The van der Waals surface area contributed by atoms with E-state index < -0.39 is 0 Å². The lowest BCUT2D eigenvalue weighted by Crippen LogP contribution is -2.04. The number of nitrogen functional groups attached to an aromatic ring is 2. The van der Waals surface area contributed by atoms with E-state index in [9.17, 15) is 5.26 Å². The molecule has 3 aromatic heterocycles. The standard InChI is InChI=1S/C18H13N9O/c19-9-13-16(25-18(21)26-17(13)20)11-2-4-12(5-3-11)28-15-8-14(22-10-23-15)27-7-1-6-24-27/h1-8,10H,(H4,20,21,25,26). The number of hydrogen-bond donors (Lipinski definition) is 2. The number of nitrogens with zero attached hydrogens (tertiary/aromatic N) is 7. The topological polar surface area (TPSA) is 154 Å². The summed E-state index contributed by atoms with van der Waals surface area (Å²) in [5.74, 6) is 1.53. The molecule has 0 radical (unpaired) electrons. The van der Waals surface area contributed by atoms with Crippen LogP contribution in [-0.4, -0.2) is 29.7 Å². The molecule has 0 aliphatic heterocycles. The van der Waals surface area contributed by atoms with Crippen LogP contribution >= 0.6 is 0 Å². The first kappa shape index (κ1) is 16.9. The molecule has 10 heteroatoms. The summed E-state index contributed by atoms with van der Waals surface area (Å²) in [6.07, 6.45) is 4.82. The summed E-state index contributed by atoms with van der Waals surface area (Å²) in [5.41, 5.74) is 12.6. The molecule has 0 unspecified atom stereocenters. The highest BCUT2D eigenvalue weighted by atomic mass is 16.5. The molecule has 10 nitrogen and oxygen atoms in total. The molecular formula is C18H13N9O. The predicted molar refractivity (Wildman–Crippen MR) is 100 cm³/mol. The van der Waals surface area contributed by atoms with Crippen molar-refractivity contribution in [2.45, 2.75) is 0 Å². The summed E-state index contributed by atoms with van der Waals surface area (Å²) in [5, 5.41) is 13.4. The maximum atomic E-state index is 9.31. The molecule has 0 spiro atoms. The fraction of sp³-hybridized carbons (Fsp3) is 0. The Labute approximate surface area is 159 Å². The molecular weight excluding hydrogens is 358 g/mol. The van der Waals surface area contributed by atoms with Gasteiger partial charge in [-0.3, -0.25) is 0 Å². The van der Waals surface area contributed by atoms with Crippen molar-refractivity contribution in [1.82, 2.24) is 29.7 Å². The number of aromatic nitrogens is 6. The normalized spacial score (nSPS) is 10.4. The summed E-state index contributed by atoms with van der Waals surface area (Å²) in [6.45, 7) is 0. The fourth-order valence-corrected chi connectivity index (χ4v) is 2.53. The van der Waals surface area contributed by atoms with Gasteiger partial charge in [0.25, 0.3) is 0 Å². The third-order valence-electron chi connectivity index (χ3n) is 3.78. The maximum absolute atomic E-state index is 9.31. The van der Waals surface area contributed by atoms with Crippen LogP contribution in [0.1, 0.15) is 5.56 Å². The minimum absolute atomic E-state index is 0.000960. The van der Waals surface area contributed by atoms with Gasteiger partial charge in [-0.2, -0.15) is 15.3 Å². The molecule has 28 heavy (non-hydrogen) atoms. The van der Waals surface area contributed by atoms with Gasteiger partial charge in [-0.15, -0.1) is 0 Å². The Morgan fingerprint density at radius 2 is 1.89 bits per heavy atom. The van der Waals surface area contributed by atoms with Crippen molar-refractivity contribution in [3.63, 3.8) is 0 Å². The van der Waals surface area contributed by atoms with Crippen molar-refractivity contribution in [2.75, 3.05) is 11.5 Å². The van der Waals surface area contributed by atoms with Crippen LogP contribution in [0.15, 0.2) is 55.1 Å². The molecule has 0 amide bonds. The van der Waals surface area contributed by atoms with Crippen molar-refractivity contribution in [3.05, 3.63) is 60.7 Å². The first-order valence-corrected chi connectivity index (χ1v) is 8.07. The molecule has 136 valence electrons. The molecule has 0 aliphatic carbocycles. The summed E-state index contributed by atoms with van der Waals surface area (Å²) in [4.78, 5) is 16.2. The zero-order valence-electron chi connectivity index (χ0n) is 14.4. The van der Waals surface area contributed by atoms with Crippen LogP contribution in [0.25, 0.3) is 17.1 Å². The van der Waals surface area contributed by atoms with Crippen molar-refractivity contribution in [1.29, 1.82) is 5.26 Å². The Balaban J connectivity index is 1.60. The van der Waals surface area contributed by atoms with E-state index in [1.807, 2.05) is 6.07 Å². The number of anilines is 2. The highest BCUT2D eigenvalue weighted by Gasteiger charge is 2.13. The van der Waals surface area contributed by atoms with E-state index in [1.165, 1.54) is 6.33 Å². The van der Waals surface area contributed by atoms with Crippen LogP contribution in [0.4, 0.5) is 11.8 Å². The largest absolute Gasteiger partial charge is 0.439 e. The Kier molecular flexibility index (Phi) is 4.23. The molecule has 0 fully saturated rings. The van der Waals surface area contributed by atoms with Crippen molar-refractivity contribution >= 4 is 11.8 Å². The van der Waals surface area contributed by atoms with Crippen LogP contribution in [0.5, 0.6) is 11.6 Å². The van der Waals surface area contributed by atoms with E-state index >= 15 is 0 Å². The van der Waals surface area contributed by atoms with Crippen molar-refractivity contribution in [2.24, 2.45) is 0 Å². The van der Waals surface area contributed by atoms with Crippen LogP contribution in [0.3, 0.4) is 0 Å². The molecule has 1 aromatic carbocycles. The van der Waals surface area contributed by atoms with Gasteiger partial charge in [0.15, 0.2) is 5.82 Å². The van der Waals surface area contributed by atoms with E-state index in [2.05, 4.69) is 25.0 Å². The van der Waals surface area contributed by atoms with E-state index in [4.69, 9.17) is 16.2 Å². The zero-order valence-corrected chi connectivity index (χ0v) is 14.4. The number of nitriles is 1. The summed E-state index contributed by atoms with van der Waals surface area (Å²) in [7, 11) is 0. The van der Waals surface area contributed by atoms with Gasteiger partial charge in [0.1, 0.15) is 29.5 Å². The van der Waals surface area contributed by atoms with Gasteiger partial charge in [0, 0.05) is 24.0 Å². The highest BCUT2D eigenvalue weighted by Crippen LogP contribution is 2.28. The molecule has 4 aromatic rings. The number of benzene rings is 1. The maximum Gasteiger partial charge on any atom is 0.224 e. The summed E-state index contributed by atoms with van der Waals surface area (Å²) in [6, 6.07) is 12.4. The average Bonchev–Trinajstić information content (AvgIpc) is 3.23. The van der Waals surface area contributed by atoms with E-state index in [-0.39, 0.29) is 17.3 Å². The third-order valence-corrected chi connectivity index (χ3v) is 3.78. The second-order valence-electron chi connectivity index (χ2n) is 5.59. The monoisotopic (exact) mass is 371 g/mol. The molecule has 4 N–H and O–H groups in total. The first-order valence-electron chi connectivity index (χ1n) is 8.07. The zero-order chi connectivity index (χ0) is 19.5. The quantitative estimate of drug-likeness (QED) is 0.547. The lowest BCUT2D eigenvalue weighted by Gasteiger charge is -2.09. The average molecular weight is 371 g/mol. The second kappa shape index (κ2) is 7.00. The van der Waals surface area contributed by atoms with E-state index in [0.717, 1.165) is 0 Å². The van der Waals surface area contributed by atoms with Gasteiger partial charge >= 0.3 is 0 Å². The number of nitrogens with two attached hydrogens (primary N) is 2. The Morgan fingerprint density at radius 1 is 1.07 bits per heavy atom. The number of rotatable bonds is 4. The van der Waals surface area contributed by atoms with Crippen molar-refractivity contribution in [3.8, 4) is 34.8 Å². The van der Waals surface area contributed by atoms with Gasteiger partial charge in [0.2, 0.25) is 11.8 Å². The van der Waals surface area contributed by atoms with Crippen LogP contribution in [0.2, 0.25) is 0 Å². The summed E-state index contributed by atoms with van der Waals surface area (Å²) >= 11 is 0. The molecule has 0 aliphatic rings. The van der Waals surface area contributed by atoms with E-state index in [1.54, 1.807) is 53.5 Å². The SMILES string of the molecule is N#Cc1c(N)nc(N)nc1-c1ccc(Oc2cc(-n3cccn3)ncn2)cc1. The Morgan fingerprint density at radius 3 is 2.61 bits per heavy atom. The molecule has 0 bridgehead atoms. The van der Waals surface area contributed by atoms with Crippen molar-refractivity contribution < 1.29 is 4.74 Å². The second-order valence-corrected chi connectivity index (χ2v) is 5.59. The van der Waals surface area contributed by atoms with Gasteiger partial charge < -0.3 is 16.2 Å². The minimum atomic E-state index is -0.000960. The first-order chi connectivity index (χ1) is 13.6. The lowest BCUT2D eigenvalue weighted by molar-refractivity contribution is 0.460. The number of ether oxygens (including phenoxy) is 1. The fourth-order valence-electron chi connectivity index (χ4n) is 2.53. The Hall–Kier alpha value is -4.52. The molecule has 4 rings (SSSR count). The van der Waals surface area contributed by atoms with Gasteiger partial charge in [-0.25, -0.2) is 19.6 Å². The highest BCUT2D eigenvalue weighted by molar-refractivity contribution is 5.73. The van der Waals surface area contributed by atoms with Crippen LogP contribution in [0, 0.1) is 11.3 Å². The van der Waals surface area contributed by atoms with Gasteiger partial charge in [-0.1, -0.05) is 0 Å². The van der Waals surface area contributed by atoms with Crippen LogP contribution < -0.4 is 16.2 Å². The smallest absolute Gasteiger partial charge is 0.224 e.